The number of unbranched alkanes of at least 4 members (excludes halogenated alkanes) is 1. The summed E-state index contributed by atoms with van der Waals surface area (Å²) in [6.45, 7) is 17.7. The van der Waals surface area contributed by atoms with Gasteiger partial charge in [-0.2, -0.15) is 0 Å². The summed E-state index contributed by atoms with van der Waals surface area (Å²) in [5.41, 5.74) is -0.831. The van der Waals surface area contributed by atoms with Crippen LogP contribution in [0.3, 0.4) is 0 Å². The van der Waals surface area contributed by atoms with Crippen molar-refractivity contribution in [1.29, 1.82) is 0 Å². The third kappa shape index (κ3) is 5.39. The molecule has 1 saturated heterocycles. The maximum Gasteiger partial charge on any atom is 0.338 e. The highest BCUT2D eigenvalue weighted by Crippen LogP contribution is 2.75. The molecule has 14 atom stereocenters. The Kier molecular flexibility index (Phi) is 9.58. The van der Waals surface area contributed by atoms with E-state index in [4.69, 9.17) is 14.2 Å². The average molecular weight is 703 g/mol. The van der Waals surface area contributed by atoms with Crippen LogP contribution in [0.2, 0.25) is 0 Å². The van der Waals surface area contributed by atoms with Crippen LogP contribution in [0, 0.1) is 50.2 Å². The van der Waals surface area contributed by atoms with Crippen molar-refractivity contribution in [2.75, 3.05) is 6.61 Å². The summed E-state index contributed by atoms with van der Waals surface area (Å²) in [6.07, 6.45) is 2.75. The van der Waals surface area contributed by atoms with E-state index in [0.717, 1.165) is 44.9 Å². The lowest BCUT2D eigenvalue weighted by molar-refractivity contribution is -0.324. The van der Waals surface area contributed by atoms with Crippen LogP contribution >= 0.6 is 0 Å². The fraction of sp³-hybridized carbons (Fsp3) is 0.875. The number of ether oxygens (including phenoxy) is 3. The molecule has 5 aliphatic carbocycles. The fourth-order valence-electron chi connectivity index (χ4n) is 12.4. The number of aliphatic carboxylic acids is 1. The van der Waals surface area contributed by atoms with Crippen LogP contribution in [-0.4, -0.2) is 81.6 Å². The molecule has 0 spiro atoms. The molecule has 0 radical (unpaired) electrons. The van der Waals surface area contributed by atoms with Gasteiger partial charge in [0.05, 0.1) is 18.1 Å². The topological polar surface area (TPSA) is 160 Å². The highest BCUT2D eigenvalue weighted by atomic mass is 16.7. The number of hydrogen-bond acceptors (Lipinski definition) is 9. The van der Waals surface area contributed by atoms with Crippen LogP contribution in [0.15, 0.2) is 11.6 Å². The second-order valence-corrected chi connectivity index (χ2v) is 18.8. The number of esters is 1. The molecule has 50 heavy (non-hydrogen) atoms. The van der Waals surface area contributed by atoms with E-state index in [1.807, 2.05) is 6.92 Å². The highest BCUT2D eigenvalue weighted by Gasteiger charge is 2.69. The Morgan fingerprint density at radius 2 is 1.62 bits per heavy atom. The van der Waals surface area contributed by atoms with Crippen molar-refractivity contribution in [2.45, 2.75) is 163 Å². The maximum atomic E-state index is 13.7. The second-order valence-electron chi connectivity index (χ2n) is 18.8. The van der Waals surface area contributed by atoms with E-state index >= 15 is 0 Å². The molecule has 0 amide bonds. The van der Waals surface area contributed by atoms with Gasteiger partial charge in [-0.05, 0) is 104 Å². The molecule has 10 heteroatoms. The van der Waals surface area contributed by atoms with Gasteiger partial charge in [0, 0.05) is 11.8 Å². The molecule has 4 N–H and O–H groups in total. The standard InChI is InChI=1S/C40H62O10/c1-9-10-19-48-32(45)31-29(43)28(42)30(44)33(50-31)49-27-14-15-38(6)24(35(27,2)3)13-16-40(8)25(38)12-11-22-23-20-36(4,34(46)47)21-26(41)37(23,5)17-18-39(22,40)7/h11,23-25,27-31,33,42-44H,9-10,12-21H2,1-8H3,(H,46,47)/t23-,24-,25+,27-,28-,29-,30+,31-,33+,36-,37+,38-,39+,40+/m0/s1. The summed E-state index contributed by atoms with van der Waals surface area (Å²) in [4.78, 5) is 38.9. The number of carbonyl (C=O) groups excluding carboxylic acids is 2. The largest absolute Gasteiger partial charge is 0.481 e. The van der Waals surface area contributed by atoms with E-state index in [-0.39, 0.29) is 58.4 Å². The average Bonchev–Trinajstić information content (AvgIpc) is 3.04. The molecule has 0 aromatic rings. The quantitative estimate of drug-likeness (QED) is 0.114. The van der Waals surface area contributed by atoms with E-state index < -0.39 is 53.5 Å². The molecule has 0 aromatic heterocycles. The molecule has 4 saturated carbocycles. The van der Waals surface area contributed by atoms with Gasteiger partial charge in [0.15, 0.2) is 12.4 Å². The van der Waals surface area contributed by atoms with Crippen LogP contribution in [-0.2, 0) is 28.6 Å². The first-order chi connectivity index (χ1) is 23.2. The molecule has 1 aliphatic heterocycles. The lowest BCUT2D eigenvalue weighted by atomic mass is 9.33. The predicted octanol–water partition coefficient (Wildman–Crippen LogP) is 5.59. The van der Waals surface area contributed by atoms with Crippen LogP contribution in [0.1, 0.15) is 126 Å². The van der Waals surface area contributed by atoms with Crippen LogP contribution in [0.4, 0.5) is 0 Å². The molecule has 0 aromatic carbocycles. The first-order valence-electron chi connectivity index (χ1n) is 19.2. The zero-order valence-electron chi connectivity index (χ0n) is 31.5. The van der Waals surface area contributed by atoms with E-state index in [1.165, 1.54) is 5.57 Å². The van der Waals surface area contributed by atoms with Crippen LogP contribution in [0.5, 0.6) is 0 Å². The predicted molar refractivity (Wildman–Crippen MR) is 184 cm³/mol. The van der Waals surface area contributed by atoms with Crippen molar-refractivity contribution in [1.82, 2.24) is 0 Å². The first-order valence-corrected chi connectivity index (χ1v) is 19.2. The Morgan fingerprint density at radius 3 is 2.28 bits per heavy atom. The molecular formula is C40H62O10. The second kappa shape index (κ2) is 12.6. The normalized spacial score (nSPS) is 49.8. The zero-order valence-corrected chi connectivity index (χ0v) is 31.5. The summed E-state index contributed by atoms with van der Waals surface area (Å²) >= 11 is 0. The van der Waals surface area contributed by atoms with Gasteiger partial charge < -0.3 is 34.6 Å². The van der Waals surface area contributed by atoms with Gasteiger partial charge in [-0.1, -0.05) is 66.5 Å². The van der Waals surface area contributed by atoms with Gasteiger partial charge in [0.25, 0.3) is 0 Å². The van der Waals surface area contributed by atoms with Crippen molar-refractivity contribution in [2.24, 2.45) is 50.2 Å². The Morgan fingerprint density at radius 1 is 0.920 bits per heavy atom. The molecule has 10 nitrogen and oxygen atoms in total. The summed E-state index contributed by atoms with van der Waals surface area (Å²) in [5.74, 6) is -0.993. The number of allylic oxidation sites excluding steroid dienone is 2. The van der Waals surface area contributed by atoms with Gasteiger partial charge in [-0.25, -0.2) is 4.79 Å². The number of carboxylic acids is 1. The number of fused-ring (bicyclic) bond motifs is 7. The number of hydrogen-bond donors (Lipinski definition) is 4. The number of carboxylic acid groups (broad SMARTS) is 1. The summed E-state index contributed by atoms with van der Waals surface area (Å²) < 4.78 is 17.7. The van der Waals surface area contributed by atoms with Crippen molar-refractivity contribution >= 4 is 17.7 Å². The van der Waals surface area contributed by atoms with Crippen LogP contribution < -0.4 is 0 Å². The third-order valence-corrected chi connectivity index (χ3v) is 15.9. The van der Waals surface area contributed by atoms with Gasteiger partial charge in [0.1, 0.15) is 24.1 Å². The Hall–Kier alpha value is -1.85. The van der Waals surface area contributed by atoms with E-state index in [0.29, 0.717) is 25.2 Å². The summed E-state index contributed by atoms with van der Waals surface area (Å²) in [5, 5.41) is 42.4. The Balaban J connectivity index is 1.25. The first kappa shape index (κ1) is 37.9. The zero-order chi connectivity index (χ0) is 36.8. The van der Waals surface area contributed by atoms with Crippen molar-refractivity contribution in [3.63, 3.8) is 0 Å². The van der Waals surface area contributed by atoms with Crippen molar-refractivity contribution in [3.8, 4) is 0 Å². The summed E-state index contributed by atoms with van der Waals surface area (Å²) in [6, 6.07) is 0. The number of carbonyl (C=O) groups is 3. The molecule has 0 unspecified atom stereocenters. The molecule has 0 bridgehead atoms. The van der Waals surface area contributed by atoms with Gasteiger partial charge in [0.2, 0.25) is 0 Å². The van der Waals surface area contributed by atoms with Crippen molar-refractivity contribution < 1.29 is 49.0 Å². The molecule has 1 heterocycles. The Bertz CT molecular complexity index is 1410. The minimum Gasteiger partial charge on any atom is -0.481 e. The number of aliphatic hydroxyl groups is 3. The molecule has 282 valence electrons. The third-order valence-electron chi connectivity index (χ3n) is 15.9. The maximum absolute atomic E-state index is 13.7. The lowest BCUT2D eigenvalue weighted by Crippen LogP contribution is -2.66. The minimum atomic E-state index is -1.63. The monoisotopic (exact) mass is 702 g/mol. The number of aliphatic hydroxyl groups excluding tert-OH is 3. The highest BCUT2D eigenvalue weighted by molar-refractivity contribution is 5.92. The number of rotatable bonds is 7. The van der Waals surface area contributed by atoms with Gasteiger partial charge in [-0.15, -0.1) is 0 Å². The molecule has 5 fully saturated rings. The minimum absolute atomic E-state index is 0.0342. The number of ketones is 1. The van der Waals surface area contributed by atoms with Crippen LogP contribution in [0.25, 0.3) is 0 Å². The smallest absolute Gasteiger partial charge is 0.338 e. The Labute approximate surface area is 297 Å². The molecule has 6 rings (SSSR count). The summed E-state index contributed by atoms with van der Waals surface area (Å²) in [7, 11) is 0. The van der Waals surface area contributed by atoms with E-state index in [2.05, 4.69) is 47.6 Å². The van der Waals surface area contributed by atoms with E-state index in [9.17, 15) is 34.8 Å². The number of Topliss-reactive ketones (excluding diaryl/α,β-unsaturated/α-hetero) is 1. The van der Waals surface area contributed by atoms with E-state index in [1.54, 1.807) is 6.92 Å². The van der Waals surface area contributed by atoms with Crippen molar-refractivity contribution in [3.05, 3.63) is 11.6 Å². The lowest BCUT2D eigenvalue weighted by Gasteiger charge is -2.71. The van der Waals surface area contributed by atoms with Gasteiger partial charge in [-0.3, -0.25) is 9.59 Å². The molecule has 6 aliphatic rings. The van der Waals surface area contributed by atoms with Gasteiger partial charge >= 0.3 is 11.9 Å². The molecular weight excluding hydrogens is 640 g/mol. The fourth-order valence-corrected chi connectivity index (χ4v) is 12.4. The SMILES string of the molecule is CCCCOC(=O)[C@H]1O[C@@H](O[C@H]2CC[C@]3(C)[C@H]4CC=C5[C@@H]6C[C@](C)(C(=O)O)CC(=O)[C@]6(C)CC[C@@]5(C)[C@]4(C)CC[C@H]3C2(C)C)[C@H](O)[C@@H](O)[C@@H]1O.